The van der Waals surface area contributed by atoms with Gasteiger partial charge in [0.1, 0.15) is 0 Å². The van der Waals surface area contributed by atoms with E-state index in [1.165, 1.54) is 13.2 Å². The average Bonchev–Trinajstić information content (AvgIpc) is 2.45. The third-order valence-corrected chi connectivity index (χ3v) is 3.54. The van der Waals surface area contributed by atoms with Crippen LogP contribution in [-0.4, -0.2) is 46.9 Å². The molecule has 0 radical (unpaired) electrons. The Kier molecular flexibility index (Phi) is 4.56. The predicted molar refractivity (Wildman–Crippen MR) is 72.7 cm³/mol. The van der Waals surface area contributed by atoms with Gasteiger partial charge in [-0.3, -0.25) is 19.4 Å². The minimum absolute atomic E-state index is 0.0396. The molecule has 0 aliphatic carbocycles. The summed E-state index contributed by atoms with van der Waals surface area (Å²) < 4.78 is 4.69. The van der Waals surface area contributed by atoms with Gasteiger partial charge in [0.25, 0.3) is 5.56 Å². The molecule has 1 fully saturated rings. The molecule has 8 nitrogen and oxygen atoms in total. The molecule has 1 aliphatic heterocycles. The lowest BCUT2D eigenvalue weighted by Gasteiger charge is -2.30. The Labute approximate surface area is 120 Å². The van der Waals surface area contributed by atoms with Gasteiger partial charge in [0.2, 0.25) is 5.91 Å². The predicted octanol–water partition coefficient (Wildman–Crippen LogP) is -0.983. The van der Waals surface area contributed by atoms with Crippen LogP contribution in [0.2, 0.25) is 0 Å². The van der Waals surface area contributed by atoms with Crippen LogP contribution in [0, 0.1) is 5.92 Å². The first kappa shape index (κ1) is 15.0. The van der Waals surface area contributed by atoms with E-state index in [-0.39, 0.29) is 29.9 Å². The van der Waals surface area contributed by atoms with Crippen molar-refractivity contribution in [3.63, 3.8) is 0 Å². The first-order valence-electron chi connectivity index (χ1n) is 6.67. The first-order chi connectivity index (χ1) is 9.99. The SMILES string of the molecule is COC(=O)C1CCN(C(=O)Cc2cc(=O)[nH]c(=O)[nH]2)CC1. The molecule has 1 aromatic heterocycles. The number of nitrogens with zero attached hydrogens (tertiary/aromatic N) is 1. The Balaban J connectivity index is 1.95. The van der Waals surface area contributed by atoms with E-state index in [1.807, 2.05) is 4.98 Å². The minimum atomic E-state index is -0.630. The Morgan fingerprint density at radius 3 is 2.52 bits per heavy atom. The molecule has 114 valence electrons. The number of aromatic nitrogens is 2. The van der Waals surface area contributed by atoms with E-state index in [0.717, 1.165) is 0 Å². The van der Waals surface area contributed by atoms with Gasteiger partial charge < -0.3 is 14.6 Å². The molecule has 1 aromatic rings. The number of amides is 1. The van der Waals surface area contributed by atoms with Crippen molar-refractivity contribution in [2.45, 2.75) is 19.3 Å². The van der Waals surface area contributed by atoms with Gasteiger partial charge >= 0.3 is 11.7 Å². The maximum absolute atomic E-state index is 12.1. The van der Waals surface area contributed by atoms with Crippen molar-refractivity contribution in [2.24, 2.45) is 5.92 Å². The third-order valence-electron chi connectivity index (χ3n) is 3.54. The van der Waals surface area contributed by atoms with Crippen LogP contribution in [0.5, 0.6) is 0 Å². The number of H-pyrrole nitrogens is 2. The van der Waals surface area contributed by atoms with Gasteiger partial charge in [-0.25, -0.2) is 4.79 Å². The average molecular weight is 295 g/mol. The molecular formula is C13H17N3O5. The molecule has 0 saturated carbocycles. The summed E-state index contributed by atoms with van der Waals surface area (Å²) in [4.78, 5) is 51.9. The maximum atomic E-state index is 12.1. The zero-order valence-corrected chi connectivity index (χ0v) is 11.7. The number of ether oxygens (including phenoxy) is 1. The van der Waals surface area contributed by atoms with E-state index >= 15 is 0 Å². The highest BCUT2D eigenvalue weighted by Gasteiger charge is 2.27. The van der Waals surface area contributed by atoms with Crippen LogP contribution in [0.1, 0.15) is 18.5 Å². The standard InChI is InChI=1S/C13H17N3O5/c1-21-12(19)8-2-4-16(5-3-8)11(18)7-9-6-10(17)15-13(20)14-9/h6,8H,2-5,7H2,1H3,(H2,14,15,17,20). The van der Waals surface area contributed by atoms with Crippen LogP contribution in [-0.2, 0) is 20.7 Å². The van der Waals surface area contributed by atoms with Crippen LogP contribution >= 0.6 is 0 Å². The fourth-order valence-electron chi connectivity index (χ4n) is 2.42. The third kappa shape index (κ3) is 3.80. The molecule has 0 spiro atoms. The van der Waals surface area contributed by atoms with Crippen LogP contribution in [0.25, 0.3) is 0 Å². The lowest BCUT2D eigenvalue weighted by atomic mass is 9.97. The number of methoxy groups -OCH3 is 1. The molecule has 1 amide bonds. The number of rotatable bonds is 3. The number of carbonyl (C=O) groups is 2. The summed E-state index contributed by atoms with van der Waals surface area (Å²) in [6.45, 7) is 0.929. The van der Waals surface area contributed by atoms with Crippen molar-refractivity contribution in [1.82, 2.24) is 14.9 Å². The number of piperidine rings is 1. The zero-order chi connectivity index (χ0) is 15.4. The fourth-order valence-corrected chi connectivity index (χ4v) is 2.42. The van der Waals surface area contributed by atoms with E-state index in [1.54, 1.807) is 4.90 Å². The number of hydrogen-bond acceptors (Lipinski definition) is 5. The highest BCUT2D eigenvalue weighted by molar-refractivity contribution is 5.79. The van der Waals surface area contributed by atoms with Gasteiger partial charge in [-0.15, -0.1) is 0 Å². The molecule has 1 saturated heterocycles. The second-order valence-electron chi connectivity index (χ2n) is 4.97. The summed E-state index contributed by atoms with van der Waals surface area (Å²) in [5.74, 6) is -0.598. The van der Waals surface area contributed by atoms with Gasteiger partial charge in [-0.05, 0) is 12.8 Å². The second-order valence-corrected chi connectivity index (χ2v) is 4.97. The largest absolute Gasteiger partial charge is 0.469 e. The second kappa shape index (κ2) is 6.38. The van der Waals surface area contributed by atoms with Crippen LogP contribution in [0.15, 0.2) is 15.7 Å². The van der Waals surface area contributed by atoms with Crippen LogP contribution in [0.4, 0.5) is 0 Å². The molecule has 8 heteroatoms. The van der Waals surface area contributed by atoms with Crippen molar-refractivity contribution in [3.8, 4) is 0 Å². The number of hydrogen-bond donors (Lipinski definition) is 2. The summed E-state index contributed by atoms with van der Waals surface area (Å²) in [6.07, 6.45) is 1.08. The molecule has 21 heavy (non-hydrogen) atoms. The van der Waals surface area contributed by atoms with Gasteiger partial charge in [-0.1, -0.05) is 0 Å². The Morgan fingerprint density at radius 1 is 1.29 bits per heavy atom. The van der Waals surface area contributed by atoms with E-state index in [4.69, 9.17) is 0 Å². The van der Waals surface area contributed by atoms with E-state index < -0.39 is 11.2 Å². The molecule has 2 rings (SSSR count). The lowest BCUT2D eigenvalue weighted by Crippen LogP contribution is -2.41. The van der Waals surface area contributed by atoms with Crippen molar-refractivity contribution in [3.05, 3.63) is 32.6 Å². The summed E-state index contributed by atoms with van der Waals surface area (Å²) in [7, 11) is 1.35. The summed E-state index contributed by atoms with van der Waals surface area (Å²) in [5.41, 5.74) is -0.885. The monoisotopic (exact) mass is 295 g/mol. The molecule has 2 N–H and O–H groups in total. The number of carbonyl (C=O) groups excluding carboxylic acids is 2. The Bertz CT molecular complexity index is 611. The van der Waals surface area contributed by atoms with E-state index in [9.17, 15) is 19.2 Å². The van der Waals surface area contributed by atoms with Crippen LogP contribution < -0.4 is 11.2 Å². The quantitative estimate of drug-likeness (QED) is 0.696. The molecular weight excluding hydrogens is 278 g/mol. The Hall–Kier alpha value is -2.38. The van der Waals surface area contributed by atoms with Gasteiger partial charge in [0.15, 0.2) is 0 Å². The van der Waals surface area contributed by atoms with Crippen molar-refractivity contribution in [2.75, 3.05) is 20.2 Å². The topological polar surface area (TPSA) is 112 Å². The minimum Gasteiger partial charge on any atom is -0.469 e. The number of nitrogens with one attached hydrogen (secondary N) is 2. The summed E-state index contributed by atoms with van der Waals surface area (Å²) in [6, 6.07) is 1.19. The number of esters is 1. The van der Waals surface area contributed by atoms with Crippen molar-refractivity contribution in [1.29, 1.82) is 0 Å². The number of likely N-dealkylation sites (tertiary alicyclic amines) is 1. The fraction of sp³-hybridized carbons (Fsp3) is 0.538. The molecule has 2 heterocycles. The highest BCUT2D eigenvalue weighted by Crippen LogP contribution is 2.18. The summed E-state index contributed by atoms with van der Waals surface area (Å²) >= 11 is 0. The molecule has 0 aromatic carbocycles. The maximum Gasteiger partial charge on any atom is 0.325 e. The molecule has 0 bridgehead atoms. The summed E-state index contributed by atoms with van der Waals surface area (Å²) in [5, 5.41) is 0. The van der Waals surface area contributed by atoms with Crippen LogP contribution in [0.3, 0.4) is 0 Å². The van der Waals surface area contributed by atoms with Gasteiger partial charge in [0.05, 0.1) is 19.4 Å². The highest BCUT2D eigenvalue weighted by atomic mass is 16.5. The lowest BCUT2D eigenvalue weighted by molar-refractivity contribution is -0.148. The molecule has 1 aliphatic rings. The van der Waals surface area contributed by atoms with E-state index in [0.29, 0.717) is 25.9 Å². The number of aromatic amines is 2. The molecule has 0 unspecified atom stereocenters. The zero-order valence-electron chi connectivity index (χ0n) is 11.7. The Morgan fingerprint density at radius 2 is 1.95 bits per heavy atom. The normalized spacial score (nSPS) is 15.8. The smallest absolute Gasteiger partial charge is 0.325 e. The van der Waals surface area contributed by atoms with Crippen molar-refractivity contribution < 1.29 is 14.3 Å². The van der Waals surface area contributed by atoms with Gasteiger partial charge in [-0.2, -0.15) is 0 Å². The van der Waals surface area contributed by atoms with E-state index in [2.05, 4.69) is 9.72 Å². The first-order valence-corrected chi connectivity index (χ1v) is 6.67. The van der Waals surface area contributed by atoms with Crippen molar-refractivity contribution >= 4 is 11.9 Å². The van der Waals surface area contributed by atoms with Gasteiger partial charge in [0, 0.05) is 24.8 Å². The molecule has 0 atom stereocenters.